The largest absolute Gasteiger partial charge is 0.465 e. The summed E-state index contributed by atoms with van der Waals surface area (Å²) < 4.78 is 155. The maximum atomic E-state index is 16.0. The first-order chi connectivity index (χ1) is 36.5. The number of nitrogens with zero attached hydrogens (tertiary/aromatic N) is 7. The van der Waals surface area contributed by atoms with Gasteiger partial charge in [-0.05, 0) is 76.3 Å². The number of methoxy groups -OCH3 is 1. The normalized spacial score (nSPS) is 19.0. The number of hydrogen-bond acceptors (Lipinski definition) is 13. The summed E-state index contributed by atoms with van der Waals surface area (Å²) in [6.07, 6.45) is -10.6. The highest BCUT2D eigenvalue weighted by atomic mass is 19.4. The van der Waals surface area contributed by atoms with E-state index in [1.165, 1.54) is 17.4 Å². The number of fused-ring (bicyclic) bond motifs is 2. The highest BCUT2D eigenvalue weighted by Crippen LogP contribution is 2.42. The number of halogens is 10. The highest BCUT2D eigenvalue weighted by molar-refractivity contribution is 5.87. The summed E-state index contributed by atoms with van der Waals surface area (Å²) in [4.78, 5) is 66.0. The summed E-state index contributed by atoms with van der Waals surface area (Å²) in [7, 11) is 0.814. The second-order valence-corrected chi connectivity index (χ2v) is 20.4. The van der Waals surface area contributed by atoms with E-state index < -0.39 is 115 Å². The predicted octanol–water partition coefficient (Wildman–Crippen LogP) is 6.19. The first-order valence-corrected chi connectivity index (χ1v) is 24.3. The van der Waals surface area contributed by atoms with Crippen LogP contribution in [0.4, 0.5) is 59.4 Å². The molecule has 3 aliphatic heterocycles. The van der Waals surface area contributed by atoms with Gasteiger partial charge in [0.1, 0.15) is 23.7 Å². The SMILES string of the molecule is COC(=O)NC(C(=O)NC(Cc1ccc(-c2cnc(N3CC4CCC(C3)N4C3COC3)nc2)cc1)C(O)CN(Cc1c(F)cc(-c2ccn(C(F)F)n2)cc1F)NC(=O)C(NC(=O)O)C(C)(C)C(F)(F)F)C(C)(C)C(F)(F)F. The number of carbonyl (C=O) groups is 4. The Kier molecular flexibility index (Phi) is 17.5. The van der Waals surface area contributed by atoms with E-state index in [1.807, 2.05) is 10.7 Å². The number of aliphatic hydroxyl groups excluding tert-OH is 1. The number of carboxylic acid groups (broad SMARTS) is 1. The molecule has 4 aromatic rings. The number of anilines is 1. The number of amides is 4. The zero-order valence-corrected chi connectivity index (χ0v) is 42.5. The third kappa shape index (κ3) is 13.0. The second-order valence-electron chi connectivity index (χ2n) is 20.4. The number of rotatable bonds is 20. The number of benzene rings is 2. The molecule has 5 heterocycles. The van der Waals surface area contributed by atoms with E-state index in [-0.39, 0.29) is 21.5 Å². The first-order valence-electron chi connectivity index (χ1n) is 24.3. The molecule has 2 aromatic carbocycles. The molecule has 3 fully saturated rings. The van der Waals surface area contributed by atoms with Gasteiger partial charge in [0, 0.05) is 73.5 Å². The molecule has 6 atom stereocenters. The molecule has 0 radical (unpaired) electrons. The van der Waals surface area contributed by atoms with Crippen LogP contribution in [-0.4, -0.2) is 159 Å². The smallest absolute Gasteiger partial charge is 0.407 e. The lowest BCUT2D eigenvalue weighted by Gasteiger charge is -2.47. The molecule has 6 N–H and O–H groups in total. The fourth-order valence-electron chi connectivity index (χ4n) is 9.55. The molecule has 2 bridgehead atoms. The van der Waals surface area contributed by atoms with Crippen molar-refractivity contribution in [1.82, 2.24) is 51.0 Å². The molecule has 3 saturated heterocycles. The summed E-state index contributed by atoms with van der Waals surface area (Å²) in [6, 6.07) is 2.65. The lowest BCUT2D eigenvalue weighted by molar-refractivity contribution is -0.221. The first kappa shape index (κ1) is 58.8. The summed E-state index contributed by atoms with van der Waals surface area (Å²) in [5.74, 6) is -5.69. The maximum absolute atomic E-state index is 16.0. The molecule has 0 saturated carbocycles. The Balaban J connectivity index is 1.20. The van der Waals surface area contributed by atoms with Gasteiger partial charge in [0.25, 0.3) is 5.91 Å². The van der Waals surface area contributed by atoms with Crippen LogP contribution in [0.2, 0.25) is 0 Å². The number of hydrazine groups is 1. The number of alkyl carbamates (subject to hydrolysis) is 1. The zero-order chi connectivity index (χ0) is 57.2. The van der Waals surface area contributed by atoms with Crippen LogP contribution >= 0.6 is 0 Å². The molecule has 3 aliphatic rings. The zero-order valence-electron chi connectivity index (χ0n) is 42.5. The quantitative estimate of drug-likeness (QED) is 0.0429. The average Bonchev–Trinajstić information content (AvgIpc) is 4.01. The fraction of sp³-hybridized carbons (Fsp3) is 0.531. The minimum absolute atomic E-state index is 0.189. The van der Waals surface area contributed by atoms with Crippen molar-refractivity contribution in [3.63, 3.8) is 0 Å². The predicted molar refractivity (Wildman–Crippen MR) is 256 cm³/mol. The number of ether oxygens (including phenoxy) is 2. The molecule has 0 aliphatic carbocycles. The molecule has 7 rings (SSSR count). The van der Waals surface area contributed by atoms with Crippen LogP contribution in [-0.2, 0) is 32.0 Å². The Morgan fingerprint density at radius 1 is 0.795 bits per heavy atom. The van der Waals surface area contributed by atoms with Gasteiger partial charge in [0.15, 0.2) is 0 Å². The lowest BCUT2D eigenvalue weighted by Crippen LogP contribution is -2.63. The monoisotopic (exact) mass is 1120 g/mol. The molecule has 19 nitrogen and oxygen atoms in total. The van der Waals surface area contributed by atoms with Gasteiger partial charge in [-0.3, -0.25) is 19.9 Å². The molecule has 78 heavy (non-hydrogen) atoms. The number of hydrogen-bond donors (Lipinski definition) is 6. The van der Waals surface area contributed by atoms with Crippen LogP contribution in [0.3, 0.4) is 0 Å². The molecular formula is C49H57F10N11O8. The number of alkyl halides is 8. The van der Waals surface area contributed by atoms with E-state index in [2.05, 4.69) is 34.9 Å². The minimum Gasteiger partial charge on any atom is -0.465 e. The maximum Gasteiger partial charge on any atom is 0.407 e. The van der Waals surface area contributed by atoms with Crippen molar-refractivity contribution < 1.29 is 82.8 Å². The molecule has 4 amide bonds. The lowest BCUT2D eigenvalue weighted by atomic mass is 9.82. The molecule has 29 heteroatoms. The van der Waals surface area contributed by atoms with Crippen LogP contribution in [0.25, 0.3) is 22.4 Å². The molecule has 0 spiro atoms. The van der Waals surface area contributed by atoms with E-state index >= 15 is 8.78 Å². The van der Waals surface area contributed by atoms with E-state index in [1.54, 1.807) is 24.5 Å². The van der Waals surface area contributed by atoms with E-state index in [9.17, 15) is 64.5 Å². The summed E-state index contributed by atoms with van der Waals surface area (Å²) in [5.41, 5.74) is -4.52. The Morgan fingerprint density at radius 3 is 1.85 bits per heavy atom. The van der Waals surface area contributed by atoms with Crippen molar-refractivity contribution in [3.8, 4) is 22.4 Å². The van der Waals surface area contributed by atoms with Gasteiger partial charge < -0.3 is 40.5 Å². The van der Waals surface area contributed by atoms with Crippen molar-refractivity contribution in [1.29, 1.82) is 0 Å². The minimum atomic E-state index is -5.28. The van der Waals surface area contributed by atoms with Crippen molar-refractivity contribution in [2.24, 2.45) is 10.8 Å². The van der Waals surface area contributed by atoms with Crippen LogP contribution in [0.5, 0.6) is 0 Å². The van der Waals surface area contributed by atoms with Crippen LogP contribution < -0.4 is 26.3 Å². The summed E-state index contributed by atoms with van der Waals surface area (Å²) in [5, 5.41) is 31.2. The summed E-state index contributed by atoms with van der Waals surface area (Å²) >= 11 is 0. The highest BCUT2D eigenvalue weighted by Gasteiger charge is 2.57. The Labute approximate surface area is 439 Å². The second kappa shape index (κ2) is 23.2. The Bertz CT molecular complexity index is 2740. The number of aliphatic hydroxyl groups is 1. The van der Waals surface area contributed by atoms with Crippen LogP contribution in [0.15, 0.2) is 61.1 Å². The molecule has 2 aromatic heterocycles. The van der Waals surface area contributed by atoms with Crippen LogP contribution in [0, 0.1) is 22.5 Å². The van der Waals surface area contributed by atoms with Gasteiger partial charge in [-0.25, -0.2) is 38.0 Å². The Hall–Kier alpha value is -6.85. The van der Waals surface area contributed by atoms with Gasteiger partial charge in [-0.2, -0.15) is 40.2 Å². The van der Waals surface area contributed by atoms with Gasteiger partial charge >= 0.3 is 31.1 Å². The average molecular weight is 1120 g/mol. The number of aromatic nitrogens is 4. The van der Waals surface area contributed by atoms with Gasteiger partial charge in [0.2, 0.25) is 11.9 Å². The van der Waals surface area contributed by atoms with Crippen molar-refractivity contribution in [2.45, 2.75) is 115 Å². The van der Waals surface area contributed by atoms with Gasteiger partial charge in [-0.1, -0.05) is 24.3 Å². The van der Waals surface area contributed by atoms with Crippen LogP contribution in [0.1, 0.15) is 58.2 Å². The third-order valence-corrected chi connectivity index (χ3v) is 14.5. The van der Waals surface area contributed by atoms with E-state index in [0.29, 0.717) is 93.3 Å². The Morgan fingerprint density at radius 2 is 1.36 bits per heavy atom. The molecule has 6 unspecified atom stereocenters. The number of carbonyl (C=O) groups excluding carboxylic acids is 3. The fourth-order valence-corrected chi connectivity index (χ4v) is 9.55. The standard InChI is InChI=1S/C49H57F10N11O8/c1-46(2,48(54,55)56)38(64-45(76)77-5)40(72)62-36(14-25-6-8-26(9-7-25)28-17-60-43(61-18-28)67-19-29-10-11-30(20-67)70(29)31-23-78-24-31)37(71)22-68(66-41(73)39(63-44(74)75)47(3,4)49(57,58)59)21-32-33(50)15-27(16-34(32)51)35-12-13-69(65-35)42(52)53/h6-9,12-13,15-18,29-31,36-39,42,63,71H,10-11,14,19-24H2,1-5H3,(H,62,72)(H,64,76)(H,66,73)(H,74,75). The van der Waals surface area contributed by atoms with Gasteiger partial charge in [0.05, 0.1) is 55.0 Å². The van der Waals surface area contributed by atoms with Crippen molar-refractivity contribution in [3.05, 3.63) is 83.8 Å². The van der Waals surface area contributed by atoms with E-state index in [4.69, 9.17) is 4.74 Å². The third-order valence-electron chi connectivity index (χ3n) is 14.5. The molecule has 426 valence electrons. The van der Waals surface area contributed by atoms with Crippen molar-refractivity contribution in [2.75, 3.05) is 44.9 Å². The van der Waals surface area contributed by atoms with E-state index in [0.717, 1.165) is 45.3 Å². The van der Waals surface area contributed by atoms with Crippen molar-refractivity contribution >= 4 is 29.9 Å². The summed E-state index contributed by atoms with van der Waals surface area (Å²) in [6.45, 7) is -0.452. The topological polar surface area (TPSA) is 229 Å². The number of piperazine rings is 1. The van der Waals surface area contributed by atoms with Gasteiger partial charge in [-0.15, -0.1) is 0 Å². The molecular weight excluding hydrogens is 1060 g/mol. The number of nitrogens with one attached hydrogen (secondary N) is 4.